The first-order valence-electron chi connectivity index (χ1n) is 4.55. The van der Waals surface area contributed by atoms with E-state index in [1.165, 1.54) is 0 Å². The molecule has 0 radical (unpaired) electrons. The number of rotatable bonds is 2. The van der Waals surface area contributed by atoms with Gasteiger partial charge in [0.2, 0.25) is 0 Å². The predicted molar refractivity (Wildman–Crippen MR) is 52.8 cm³/mol. The molecule has 13 heavy (non-hydrogen) atoms. The summed E-state index contributed by atoms with van der Waals surface area (Å²) in [6.07, 6.45) is 0.282. The van der Waals surface area contributed by atoms with Gasteiger partial charge in [-0.05, 0) is 43.0 Å². The molecule has 1 atom stereocenters. The number of aliphatic hydroxyl groups is 1. The van der Waals surface area contributed by atoms with Gasteiger partial charge in [-0.1, -0.05) is 13.0 Å². The second-order valence-electron chi connectivity index (χ2n) is 3.35. The molecule has 1 aromatic rings. The van der Waals surface area contributed by atoms with Crippen molar-refractivity contribution in [2.75, 3.05) is 0 Å². The van der Waals surface area contributed by atoms with Crippen LogP contribution in [0.3, 0.4) is 0 Å². The molecule has 0 aromatic heterocycles. The zero-order chi connectivity index (χ0) is 10.0. The van der Waals surface area contributed by atoms with Gasteiger partial charge in [-0.15, -0.1) is 0 Å². The summed E-state index contributed by atoms with van der Waals surface area (Å²) in [5.74, 6) is 0.296. The number of phenols is 1. The molecule has 0 amide bonds. The highest BCUT2D eigenvalue weighted by atomic mass is 16.3. The fourth-order valence-corrected chi connectivity index (χ4v) is 1.41. The molecule has 0 spiro atoms. The zero-order valence-corrected chi connectivity index (χ0v) is 8.33. The zero-order valence-electron chi connectivity index (χ0n) is 8.33. The molecule has 0 aliphatic heterocycles. The molecule has 1 rings (SSSR count). The molecule has 0 heterocycles. The Balaban J connectivity index is 3.18. The van der Waals surface area contributed by atoms with Crippen molar-refractivity contribution in [3.8, 4) is 5.75 Å². The minimum atomic E-state index is -0.417. The van der Waals surface area contributed by atoms with Gasteiger partial charge in [0.1, 0.15) is 5.75 Å². The lowest BCUT2D eigenvalue weighted by Gasteiger charge is -2.14. The van der Waals surface area contributed by atoms with Gasteiger partial charge in [-0.2, -0.15) is 0 Å². The van der Waals surface area contributed by atoms with Gasteiger partial charge in [-0.3, -0.25) is 0 Å². The molecule has 0 fully saturated rings. The summed E-state index contributed by atoms with van der Waals surface area (Å²) in [6.45, 7) is 5.71. The molecule has 1 aromatic carbocycles. The monoisotopic (exact) mass is 180 g/mol. The van der Waals surface area contributed by atoms with Crippen LogP contribution < -0.4 is 0 Å². The van der Waals surface area contributed by atoms with Gasteiger partial charge >= 0.3 is 0 Å². The van der Waals surface area contributed by atoms with E-state index in [9.17, 15) is 10.2 Å². The fourth-order valence-electron chi connectivity index (χ4n) is 1.41. The van der Waals surface area contributed by atoms with E-state index in [1.807, 2.05) is 20.8 Å². The molecule has 0 aliphatic carbocycles. The van der Waals surface area contributed by atoms with Gasteiger partial charge in [0.25, 0.3) is 0 Å². The van der Waals surface area contributed by atoms with Crippen molar-refractivity contribution in [1.82, 2.24) is 0 Å². The average molecular weight is 180 g/mol. The van der Waals surface area contributed by atoms with Crippen LogP contribution >= 0.6 is 0 Å². The lowest BCUT2D eigenvalue weighted by atomic mass is 9.97. The van der Waals surface area contributed by atoms with E-state index in [0.29, 0.717) is 12.2 Å². The summed E-state index contributed by atoms with van der Waals surface area (Å²) in [5.41, 5.74) is 2.75. The minimum Gasteiger partial charge on any atom is -0.508 e. The van der Waals surface area contributed by atoms with Crippen LogP contribution in [0.4, 0.5) is 0 Å². The summed E-state index contributed by atoms with van der Waals surface area (Å²) >= 11 is 0. The number of aliphatic hydroxyl groups excluding tert-OH is 1. The summed E-state index contributed by atoms with van der Waals surface area (Å²) in [7, 11) is 0. The second kappa shape index (κ2) is 3.79. The van der Waals surface area contributed by atoms with Crippen molar-refractivity contribution in [3.05, 3.63) is 28.8 Å². The van der Waals surface area contributed by atoms with Crippen LogP contribution in [0.1, 0.15) is 36.1 Å². The van der Waals surface area contributed by atoms with E-state index < -0.39 is 6.10 Å². The standard InChI is InChI=1S/C11H16O2/c1-4-10(12)9-5-6-11(13)8(3)7(9)2/h5-6,10,12-13H,4H2,1-3H3. The van der Waals surface area contributed by atoms with Gasteiger partial charge in [0.15, 0.2) is 0 Å². The summed E-state index contributed by atoms with van der Waals surface area (Å²) in [5, 5.41) is 19.0. The normalized spacial score (nSPS) is 12.9. The van der Waals surface area contributed by atoms with Crippen molar-refractivity contribution >= 4 is 0 Å². The number of benzene rings is 1. The van der Waals surface area contributed by atoms with Crippen molar-refractivity contribution in [2.45, 2.75) is 33.3 Å². The molecule has 2 heteroatoms. The van der Waals surface area contributed by atoms with Crippen molar-refractivity contribution in [2.24, 2.45) is 0 Å². The van der Waals surface area contributed by atoms with Crippen LogP contribution in [0.2, 0.25) is 0 Å². The maximum Gasteiger partial charge on any atom is 0.118 e. The fraction of sp³-hybridized carbons (Fsp3) is 0.455. The quantitative estimate of drug-likeness (QED) is 0.734. The van der Waals surface area contributed by atoms with Crippen LogP contribution in [-0.4, -0.2) is 10.2 Å². The maximum atomic E-state index is 9.64. The lowest BCUT2D eigenvalue weighted by molar-refractivity contribution is 0.173. The highest BCUT2D eigenvalue weighted by Gasteiger charge is 2.11. The Bertz CT molecular complexity index is 305. The smallest absolute Gasteiger partial charge is 0.118 e. The number of hydrogen-bond donors (Lipinski definition) is 2. The molecular weight excluding hydrogens is 164 g/mol. The third kappa shape index (κ3) is 1.83. The van der Waals surface area contributed by atoms with Crippen LogP contribution in [0.25, 0.3) is 0 Å². The van der Waals surface area contributed by atoms with Crippen molar-refractivity contribution in [1.29, 1.82) is 0 Å². The van der Waals surface area contributed by atoms with Crippen LogP contribution in [0, 0.1) is 13.8 Å². The first-order chi connectivity index (χ1) is 6.07. The number of phenolic OH excluding ortho intramolecular Hbond substituents is 1. The first-order valence-corrected chi connectivity index (χ1v) is 4.55. The summed E-state index contributed by atoms with van der Waals surface area (Å²) in [6, 6.07) is 3.42. The second-order valence-corrected chi connectivity index (χ2v) is 3.35. The molecule has 0 saturated carbocycles. The first kappa shape index (κ1) is 10.1. The van der Waals surface area contributed by atoms with E-state index in [4.69, 9.17) is 0 Å². The van der Waals surface area contributed by atoms with Gasteiger partial charge < -0.3 is 10.2 Å². The van der Waals surface area contributed by atoms with Gasteiger partial charge in [0.05, 0.1) is 6.10 Å². The molecular formula is C11H16O2. The third-order valence-corrected chi connectivity index (χ3v) is 2.55. The van der Waals surface area contributed by atoms with E-state index in [2.05, 4.69) is 0 Å². The van der Waals surface area contributed by atoms with Crippen LogP contribution in [0.15, 0.2) is 12.1 Å². The molecule has 2 nitrogen and oxygen atoms in total. The third-order valence-electron chi connectivity index (χ3n) is 2.55. The van der Waals surface area contributed by atoms with Crippen molar-refractivity contribution in [3.63, 3.8) is 0 Å². The van der Waals surface area contributed by atoms with E-state index in [-0.39, 0.29) is 0 Å². The molecule has 72 valence electrons. The Morgan fingerprint density at radius 2 is 1.85 bits per heavy atom. The van der Waals surface area contributed by atoms with E-state index in [0.717, 1.165) is 16.7 Å². The summed E-state index contributed by atoms with van der Waals surface area (Å²) < 4.78 is 0. The maximum absolute atomic E-state index is 9.64. The molecule has 2 N–H and O–H groups in total. The Kier molecular flexibility index (Phi) is 2.94. The Morgan fingerprint density at radius 3 is 2.38 bits per heavy atom. The Hall–Kier alpha value is -1.02. The predicted octanol–water partition coefficient (Wildman–Crippen LogP) is 2.45. The minimum absolute atomic E-state index is 0.296. The van der Waals surface area contributed by atoms with Crippen LogP contribution in [-0.2, 0) is 0 Å². The largest absolute Gasteiger partial charge is 0.508 e. The van der Waals surface area contributed by atoms with Gasteiger partial charge in [0, 0.05) is 0 Å². The van der Waals surface area contributed by atoms with Crippen molar-refractivity contribution < 1.29 is 10.2 Å². The molecule has 0 bridgehead atoms. The lowest BCUT2D eigenvalue weighted by Crippen LogP contribution is -1.99. The number of hydrogen-bond acceptors (Lipinski definition) is 2. The number of aromatic hydroxyl groups is 1. The average Bonchev–Trinajstić information content (AvgIpc) is 2.13. The molecule has 1 unspecified atom stereocenters. The van der Waals surface area contributed by atoms with E-state index in [1.54, 1.807) is 12.1 Å². The Labute approximate surface area is 78.8 Å². The van der Waals surface area contributed by atoms with Gasteiger partial charge in [-0.25, -0.2) is 0 Å². The highest BCUT2D eigenvalue weighted by molar-refractivity contribution is 5.43. The SMILES string of the molecule is CCC(O)c1ccc(O)c(C)c1C. The van der Waals surface area contributed by atoms with Crippen LogP contribution in [0.5, 0.6) is 5.75 Å². The van der Waals surface area contributed by atoms with E-state index >= 15 is 0 Å². The Morgan fingerprint density at radius 1 is 1.23 bits per heavy atom. The highest BCUT2D eigenvalue weighted by Crippen LogP contribution is 2.27. The summed E-state index contributed by atoms with van der Waals surface area (Å²) in [4.78, 5) is 0. The topological polar surface area (TPSA) is 40.5 Å². The molecule has 0 saturated heterocycles. The molecule has 0 aliphatic rings.